The molecule has 1 aliphatic heterocycles. The van der Waals surface area contributed by atoms with Gasteiger partial charge in [0.15, 0.2) is 5.78 Å². The van der Waals surface area contributed by atoms with Crippen LogP contribution in [0.5, 0.6) is 0 Å². The Morgan fingerprint density at radius 3 is 2.50 bits per heavy atom. The molecule has 0 saturated carbocycles. The van der Waals surface area contributed by atoms with Gasteiger partial charge in [0, 0.05) is 18.5 Å². The second-order valence-electron chi connectivity index (χ2n) is 3.70. The summed E-state index contributed by atoms with van der Waals surface area (Å²) >= 11 is 0. The summed E-state index contributed by atoms with van der Waals surface area (Å²) < 4.78 is 0. The third kappa shape index (κ3) is 1.94. The van der Waals surface area contributed by atoms with Crippen LogP contribution in [0.4, 0.5) is 0 Å². The smallest absolute Gasteiger partial charge is 0.254 e. The molecule has 80 valence electrons. The zero-order valence-electron chi connectivity index (χ0n) is 8.64. The summed E-state index contributed by atoms with van der Waals surface area (Å²) in [6.07, 6.45) is 0.446. The van der Waals surface area contributed by atoms with Crippen LogP contribution in [0, 0.1) is 11.3 Å². The highest BCUT2D eigenvalue weighted by atomic mass is 16.2. The summed E-state index contributed by atoms with van der Waals surface area (Å²) in [5.74, 6) is -0.0441. The average Bonchev–Trinajstić information content (AvgIpc) is 2.75. The van der Waals surface area contributed by atoms with Crippen LogP contribution < -0.4 is 0 Å². The van der Waals surface area contributed by atoms with E-state index in [1.54, 1.807) is 24.3 Å². The minimum Gasteiger partial charge on any atom is -0.331 e. The minimum atomic E-state index is -0.143. The standard InChI is InChI=1S/C12H10N2O2/c13-7-9-1-3-10(4-2-9)12(16)14-6-5-11(15)8-14/h1-4H,5-6,8H2. The monoisotopic (exact) mass is 214 g/mol. The first kappa shape index (κ1) is 10.4. The van der Waals surface area contributed by atoms with Crippen LogP contribution >= 0.6 is 0 Å². The van der Waals surface area contributed by atoms with Gasteiger partial charge >= 0.3 is 0 Å². The number of carbonyl (C=O) groups excluding carboxylic acids is 2. The fraction of sp³-hybridized carbons (Fsp3) is 0.250. The van der Waals surface area contributed by atoms with Crippen LogP contribution in [-0.4, -0.2) is 29.7 Å². The molecule has 0 spiro atoms. The Hall–Kier alpha value is -2.15. The van der Waals surface area contributed by atoms with Gasteiger partial charge in [-0.3, -0.25) is 9.59 Å². The van der Waals surface area contributed by atoms with Crippen LogP contribution in [0.25, 0.3) is 0 Å². The Morgan fingerprint density at radius 1 is 1.31 bits per heavy atom. The van der Waals surface area contributed by atoms with Crippen LogP contribution in [0.15, 0.2) is 24.3 Å². The minimum absolute atomic E-state index is 0.0991. The topological polar surface area (TPSA) is 61.2 Å². The summed E-state index contributed by atoms with van der Waals surface area (Å²) in [5.41, 5.74) is 1.04. The molecule has 0 radical (unpaired) electrons. The van der Waals surface area contributed by atoms with E-state index in [1.807, 2.05) is 6.07 Å². The van der Waals surface area contributed by atoms with E-state index in [0.29, 0.717) is 24.1 Å². The molecule has 1 aromatic carbocycles. The molecule has 1 heterocycles. The molecule has 1 saturated heterocycles. The third-order valence-corrected chi connectivity index (χ3v) is 2.58. The van der Waals surface area contributed by atoms with Crippen LogP contribution in [0.1, 0.15) is 22.3 Å². The molecule has 2 rings (SSSR count). The number of likely N-dealkylation sites (tertiary alicyclic amines) is 1. The van der Waals surface area contributed by atoms with E-state index >= 15 is 0 Å². The molecule has 0 N–H and O–H groups in total. The number of nitrogens with zero attached hydrogens (tertiary/aromatic N) is 2. The fourth-order valence-corrected chi connectivity index (χ4v) is 1.67. The maximum absolute atomic E-state index is 11.9. The average molecular weight is 214 g/mol. The van der Waals surface area contributed by atoms with E-state index in [0.717, 1.165) is 0 Å². The first-order chi connectivity index (χ1) is 7.70. The molecule has 0 aliphatic carbocycles. The second-order valence-corrected chi connectivity index (χ2v) is 3.70. The van der Waals surface area contributed by atoms with Crippen molar-refractivity contribution in [3.63, 3.8) is 0 Å². The molecule has 0 bridgehead atoms. The number of carbonyl (C=O) groups is 2. The van der Waals surface area contributed by atoms with Gasteiger partial charge in [0.1, 0.15) is 0 Å². The lowest BCUT2D eigenvalue weighted by molar-refractivity contribution is -0.116. The zero-order valence-corrected chi connectivity index (χ0v) is 8.64. The number of hydrogen-bond donors (Lipinski definition) is 0. The van der Waals surface area contributed by atoms with E-state index in [-0.39, 0.29) is 18.2 Å². The number of ketones is 1. The number of Topliss-reactive ketones (excluding diaryl/α,β-unsaturated/α-hetero) is 1. The molecule has 16 heavy (non-hydrogen) atoms. The van der Waals surface area contributed by atoms with Crippen molar-refractivity contribution in [2.75, 3.05) is 13.1 Å². The molecule has 1 amide bonds. The van der Waals surface area contributed by atoms with E-state index in [1.165, 1.54) is 4.90 Å². The molecule has 1 fully saturated rings. The summed E-state index contributed by atoms with van der Waals surface area (Å²) in [7, 11) is 0. The number of rotatable bonds is 1. The van der Waals surface area contributed by atoms with Gasteiger partial charge in [-0.15, -0.1) is 0 Å². The Labute approximate surface area is 93.1 Å². The van der Waals surface area contributed by atoms with Crippen molar-refractivity contribution < 1.29 is 9.59 Å². The molecule has 0 atom stereocenters. The van der Waals surface area contributed by atoms with Crippen molar-refractivity contribution in [3.05, 3.63) is 35.4 Å². The van der Waals surface area contributed by atoms with Gasteiger partial charge in [-0.25, -0.2) is 0 Å². The highest BCUT2D eigenvalue weighted by Gasteiger charge is 2.24. The highest BCUT2D eigenvalue weighted by molar-refractivity contribution is 5.98. The maximum Gasteiger partial charge on any atom is 0.254 e. The van der Waals surface area contributed by atoms with Gasteiger partial charge in [-0.1, -0.05) is 0 Å². The third-order valence-electron chi connectivity index (χ3n) is 2.58. The molecule has 0 unspecified atom stereocenters. The summed E-state index contributed by atoms with van der Waals surface area (Å²) in [5, 5.41) is 8.62. The van der Waals surface area contributed by atoms with Gasteiger partial charge < -0.3 is 4.90 Å². The Kier molecular flexibility index (Phi) is 2.69. The molecule has 1 aromatic rings. The first-order valence-electron chi connectivity index (χ1n) is 5.02. The first-order valence-corrected chi connectivity index (χ1v) is 5.02. The lowest BCUT2D eigenvalue weighted by atomic mass is 10.1. The summed E-state index contributed by atoms with van der Waals surface area (Å²) in [6.45, 7) is 0.705. The van der Waals surface area contributed by atoms with Crippen molar-refractivity contribution in [2.24, 2.45) is 0 Å². The summed E-state index contributed by atoms with van der Waals surface area (Å²) in [6, 6.07) is 8.42. The van der Waals surface area contributed by atoms with Crippen molar-refractivity contribution in [2.45, 2.75) is 6.42 Å². The number of benzene rings is 1. The second kappa shape index (κ2) is 4.15. The van der Waals surface area contributed by atoms with Gasteiger partial charge in [-0.05, 0) is 24.3 Å². The van der Waals surface area contributed by atoms with E-state index < -0.39 is 0 Å². The largest absolute Gasteiger partial charge is 0.331 e. The normalized spacial score (nSPS) is 14.9. The summed E-state index contributed by atoms with van der Waals surface area (Å²) in [4.78, 5) is 24.5. The van der Waals surface area contributed by atoms with Gasteiger partial charge in [0.25, 0.3) is 5.91 Å². The molecular weight excluding hydrogens is 204 g/mol. The Morgan fingerprint density at radius 2 is 2.00 bits per heavy atom. The maximum atomic E-state index is 11.9. The van der Waals surface area contributed by atoms with Crippen molar-refractivity contribution in [1.29, 1.82) is 5.26 Å². The SMILES string of the molecule is N#Cc1ccc(C(=O)N2CCC(=O)C2)cc1. The van der Waals surface area contributed by atoms with Gasteiger partial charge in [0.2, 0.25) is 0 Å². The number of hydrogen-bond acceptors (Lipinski definition) is 3. The number of nitriles is 1. The molecule has 0 aromatic heterocycles. The lowest BCUT2D eigenvalue weighted by Crippen LogP contribution is -2.28. The van der Waals surface area contributed by atoms with E-state index in [2.05, 4.69) is 0 Å². The van der Waals surface area contributed by atoms with Crippen molar-refractivity contribution in [1.82, 2.24) is 4.90 Å². The molecular formula is C12H10N2O2. The molecule has 1 aliphatic rings. The van der Waals surface area contributed by atoms with E-state index in [4.69, 9.17) is 5.26 Å². The van der Waals surface area contributed by atoms with Crippen LogP contribution in [0.3, 0.4) is 0 Å². The quantitative estimate of drug-likeness (QED) is 0.699. The van der Waals surface area contributed by atoms with Crippen LogP contribution in [0.2, 0.25) is 0 Å². The van der Waals surface area contributed by atoms with E-state index in [9.17, 15) is 9.59 Å². The van der Waals surface area contributed by atoms with Crippen LogP contribution in [-0.2, 0) is 4.79 Å². The lowest BCUT2D eigenvalue weighted by Gasteiger charge is -2.13. The Bertz CT molecular complexity index is 471. The highest BCUT2D eigenvalue weighted by Crippen LogP contribution is 2.11. The Balaban J connectivity index is 2.15. The molecule has 4 heteroatoms. The fourth-order valence-electron chi connectivity index (χ4n) is 1.67. The number of amides is 1. The predicted octanol–water partition coefficient (Wildman–Crippen LogP) is 0.973. The zero-order chi connectivity index (χ0) is 11.5. The van der Waals surface area contributed by atoms with Crippen molar-refractivity contribution in [3.8, 4) is 6.07 Å². The van der Waals surface area contributed by atoms with Gasteiger partial charge in [0.05, 0.1) is 18.2 Å². The van der Waals surface area contributed by atoms with Crippen molar-refractivity contribution >= 4 is 11.7 Å². The van der Waals surface area contributed by atoms with Gasteiger partial charge in [-0.2, -0.15) is 5.26 Å². The molecule has 4 nitrogen and oxygen atoms in total. The predicted molar refractivity (Wildman–Crippen MR) is 56.7 cm³/mol.